The van der Waals surface area contributed by atoms with Crippen LogP contribution in [0, 0.1) is 0 Å². The third-order valence-electron chi connectivity index (χ3n) is 3.68. The van der Waals surface area contributed by atoms with Crippen LogP contribution in [0.3, 0.4) is 0 Å². The van der Waals surface area contributed by atoms with Gasteiger partial charge in [0.15, 0.2) is 0 Å². The van der Waals surface area contributed by atoms with Crippen molar-refractivity contribution in [2.45, 2.75) is 50.6 Å². The molecule has 0 aliphatic heterocycles. The first-order valence-corrected chi connectivity index (χ1v) is 7.78. The molecule has 1 saturated carbocycles. The summed E-state index contributed by atoms with van der Waals surface area (Å²) in [7, 11) is 0. The molecule has 1 aromatic rings. The second-order valence-corrected chi connectivity index (χ2v) is 6.33. The summed E-state index contributed by atoms with van der Waals surface area (Å²) >= 11 is 1.58. The van der Waals surface area contributed by atoms with Gasteiger partial charge in [-0.3, -0.25) is 4.79 Å². The molecule has 1 aliphatic carbocycles. The monoisotopic (exact) mass is 296 g/mol. The Kier molecular flexibility index (Phi) is 5.00. The topological polar surface area (TPSA) is 78.4 Å². The second-order valence-electron chi connectivity index (χ2n) is 5.30. The van der Waals surface area contributed by atoms with Gasteiger partial charge in [0.1, 0.15) is 0 Å². The smallest absolute Gasteiger partial charge is 0.315 e. The Morgan fingerprint density at radius 2 is 2.05 bits per heavy atom. The highest BCUT2D eigenvalue weighted by atomic mass is 32.1. The average Bonchev–Trinajstić information content (AvgIpc) is 2.89. The number of amides is 2. The number of thiophene rings is 1. The molecule has 1 fully saturated rings. The van der Waals surface area contributed by atoms with Crippen LogP contribution in [0.2, 0.25) is 0 Å². The summed E-state index contributed by atoms with van der Waals surface area (Å²) in [5, 5.41) is 16.7. The van der Waals surface area contributed by atoms with Gasteiger partial charge in [-0.25, -0.2) is 4.79 Å². The number of urea groups is 1. The minimum absolute atomic E-state index is 0.000573. The number of nitrogens with one attached hydrogen (secondary N) is 2. The van der Waals surface area contributed by atoms with E-state index in [1.54, 1.807) is 11.3 Å². The van der Waals surface area contributed by atoms with Gasteiger partial charge in [-0.05, 0) is 24.3 Å². The molecular formula is C14H20N2O3S. The SMILES string of the molecule is O=C(O)CC1(NC(=O)NCc2cccs2)CCCCC1. The first-order valence-electron chi connectivity index (χ1n) is 6.90. The quantitative estimate of drug-likeness (QED) is 0.781. The van der Waals surface area contributed by atoms with E-state index in [2.05, 4.69) is 10.6 Å². The van der Waals surface area contributed by atoms with Crippen LogP contribution in [-0.4, -0.2) is 22.6 Å². The van der Waals surface area contributed by atoms with Gasteiger partial charge in [-0.2, -0.15) is 0 Å². The molecule has 1 heterocycles. The maximum Gasteiger partial charge on any atom is 0.315 e. The lowest BCUT2D eigenvalue weighted by atomic mass is 9.79. The Morgan fingerprint density at radius 1 is 1.30 bits per heavy atom. The van der Waals surface area contributed by atoms with E-state index >= 15 is 0 Å². The Balaban J connectivity index is 1.89. The molecule has 1 aromatic heterocycles. The second kappa shape index (κ2) is 6.74. The number of rotatable bonds is 5. The van der Waals surface area contributed by atoms with Crippen LogP contribution in [0.5, 0.6) is 0 Å². The molecule has 20 heavy (non-hydrogen) atoms. The highest BCUT2D eigenvalue weighted by Gasteiger charge is 2.35. The van der Waals surface area contributed by atoms with Crippen molar-refractivity contribution >= 4 is 23.3 Å². The van der Waals surface area contributed by atoms with E-state index < -0.39 is 11.5 Å². The molecule has 0 bridgehead atoms. The van der Waals surface area contributed by atoms with Gasteiger partial charge in [0, 0.05) is 4.88 Å². The van der Waals surface area contributed by atoms with Gasteiger partial charge in [0.25, 0.3) is 0 Å². The number of hydrogen-bond donors (Lipinski definition) is 3. The standard InChI is InChI=1S/C14H20N2O3S/c17-12(18)9-14(6-2-1-3-7-14)16-13(19)15-10-11-5-4-8-20-11/h4-5,8H,1-3,6-7,9-10H2,(H,17,18)(H2,15,16,19). The highest BCUT2D eigenvalue weighted by molar-refractivity contribution is 7.09. The predicted octanol–water partition coefficient (Wildman–Crippen LogP) is 2.72. The number of carboxylic acid groups (broad SMARTS) is 1. The van der Waals surface area contributed by atoms with E-state index in [1.807, 2.05) is 17.5 Å². The normalized spacial score (nSPS) is 17.4. The zero-order valence-electron chi connectivity index (χ0n) is 11.4. The summed E-state index contributed by atoms with van der Waals surface area (Å²) in [5.41, 5.74) is -0.580. The van der Waals surface area contributed by atoms with Crippen molar-refractivity contribution in [2.75, 3.05) is 0 Å². The van der Waals surface area contributed by atoms with E-state index in [9.17, 15) is 9.59 Å². The first kappa shape index (κ1) is 14.8. The van der Waals surface area contributed by atoms with Crippen LogP contribution >= 0.6 is 11.3 Å². The Hall–Kier alpha value is -1.56. The molecule has 0 unspecified atom stereocenters. The van der Waals surface area contributed by atoms with Crippen LogP contribution in [0.15, 0.2) is 17.5 Å². The van der Waals surface area contributed by atoms with Gasteiger partial charge in [-0.15, -0.1) is 11.3 Å². The molecule has 5 nitrogen and oxygen atoms in total. The van der Waals surface area contributed by atoms with Crippen LogP contribution in [-0.2, 0) is 11.3 Å². The summed E-state index contributed by atoms with van der Waals surface area (Å²) in [5.74, 6) is -0.856. The number of carbonyl (C=O) groups is 2. The molecule has 0 radical (unpaired) electrons. The van der Waals surface area contributed by atoms with Crippen molar-refractivity contribution in [2.24, 2.45) is 0 Å². The lowest BCUT2D eigenvalue weighted by Gasteiger charge is -2.36. The van der Waals surface area contributed by atoms with Gasteiger partial charge in [0.05, 0.1) is 18.5 Å². The average molecular weight is 296 g/mol. The lowest BCUT2D eigenvalue weighted by Crippen LogP contribution is -2.54. The van der Waals surface area contributed by atoms with E-state index in [0.717, 1.165) is 37.0 Å². The molecule has 0 saturated heterocycles. The Labute approximate surface area is 122 Å². The van der Waals surface area contributed by atoms with Crippen LogP contribution in [0.4, 0.5) is 4.79 Å². The van der Waals surface area contributed by atoms with Crippen molar-refractivity contribution in [1.82, 2.24) is 10.6 Å². The minimum atomic E-state index is -0.856. The first-order chi connectivity index (χ1) is 9.60. The summed E-state index contributed by atoms with van der Waals surface area (Å²) in [6.45, 7) is 0.479. The molecule has 0 spiro atoms. The van der Waals surface area contributed by atoms with Crippen molar-refractivity contribution in [3.63, 3.8) is 0 Å². The van der Waals surface area contributed by atoms with Gasteiger partial charge < -0.3 is 15.7 Å². The van der Waals surface area contributed by atoms with Gasteiger partial charge >= 0.3 is 12.0 Å². The van der Waals surface area contributed by atoms with E-state index in [4.69, 9.17) is 5.11 Å². The summed E-state index contributed by atoms with van der Waals surface area (Å²) in [6, 6.07) is 3.62. The molecule has 110 valence electrons. The van der Waals surface area contributed by atoms with Crippen LogP contribution in [0.1, 0.15) is 43.4 Å². The van der Waals surface area contributed by atoms with Crippen molar-refractivity contribution < 1.29 is 14.7 Å². The largest absolute Gasteiger partial charge is 0.481 e. The number of hydrogen-bond acceptors (Lipinski definition) is 3. The molecule has 2 rings (SSSR count). The fraction of sp³-hybridized carbons (Fsp3) is 0.571. The Bertz CT molecular complexity index is 453. The van der Waals surface area contributed by atoms with Crippen LogP contribution < -0.4 is 10.6 Å². The van der Waals surface area contributed by atoms with Gasteiger partial charge in [-0.1, -0.05) is 25.3 Å². The third-order valence-corrected chi connectivity index (χ3v) is 4.56. The molecule has 3 N–H and O–H groups in total. The molecule has 1 aliphatic rings. The molecule has 0 atom stereocenters. The lowest BCUT2D eigenvalue weighted by molar-refractivity contribution is -0.139. The minimum Gasteiger partial charge on any atom is -0.481 e. The third kappa shape index (κ3) is 4.23. The summed E-state index contributed by atoms with van der Waals surface area (Å²) in [4.78, 5) is 24.1. The van der Waals surface area contributed by atoms with Crippen LogP contribution in [0.25, 0.3) is 0 Å². The van der Waals surface area contributed by atoms with E-state index in [0.29, 0.717) is 6.54 Å². The zero-order valence-corrected chi connectivity index (χ0v) is 12.2. The highest BCUT2D eigenvalue weighted by Crippen LogP contribution is 2.31. The molecular weight excluding hydrogens is 276 g/mol. The maximum atomic E-state index is 12.0. The number of aliphatic carboxylic acids is 1. The van der Waals surface area contributed by atoms with Gasteiger partial charge in [0.2, 0.25) is 0 Å². The summed E-state index contributed by atoms with van der Waals surface area (Å²) in [6.07, 6.45) is 4.54. The fourth-order valence-electron chi connectivity index (χ4n) is 2.73. The molecule has 0 aromatic carbocycles. The number of carboxylic acids is 1. The van der Waals surface area contributed by atoms with E-state index in [1.165, 1.54) is 0 Å². The van der Waals surface area contributed by atoms with Crippen molar-refractivity contribution in [3.8, 4) is 0 Å². The number of carbonyl (C=O) groups excluding carboxylic acids is 1. The van der Waals surface area contributed by atoms with E-state index in [-0.39, 0.29) is 12.5 Å². The van der Waals surface area contributed by atoms with Crippen molar-refractivity contribution in [1.29, 1.82) is 0 Å². The van der Waals surface area contributed by atoms with Crippen molar-refractivity contribution in [3.05, 3.63) is 22.4 Å². The molecule has 6 heteroatoms. The summed E-state index contributed by atoms with van der Waals surface area (Å²) < 4.78 is 0. The zero-order chi connectivity index (χ0) is 14.4. The predicted molar refractivity (Wildman–Crippen MR) is 77.8 cm³/mol. The Morgan fingerprint density at radius 3 is 2.65 bits per heavy atom. The fourth-order valence-corrected chi connectivity index (χ4v) is 3.37. The molecule has 2 amide bonds. The maximum absolute atomic E-state index is 12.0.